The first-order valence-electron chi connectivity index (χ1n) is 4.88. The molecule has 0 saturated heterocycles. The van der Waals surface area contributed by atoms with Crippen LogP contribution in [0.4, 0.5) is 8.78 Å². The highest BCUT2D eigenvalue weighted by atomic mass is 19.3. The molecule has 1 unspecified atom stereocenters. The van der Waals surface area contributed by atoms with E-state index >= 15 is 0 Å². The lowest BCUT2D eigenvalue weighted by Crippen LogP contribution is -2.36. The number of methoxy groups -OCH3 is 1. The predicted molar refractivity (Wildman–Crippen MR) is 56.6 cm³/mol. The summed E-state index contributed by atoms with van der Waals surface area (Å²) in [5.41, 5.74) is 4.71. The van der Waals surface area contributed by atoms with Crippen LogP contribution in [0, 0.1) is 0 Å². The number of phenols is 1. The lowest BCUT2D eigenvalue weighted by molar-refractivity contribution is -0.145. The number of aromatic hydroxyl groups is 1. The highest BCUT2D eigenvalue weighted by Gasteiger charge is 2.38. The number of hydrogen-bond donors (Lipinski definition) is 2. The van der Waals surface area contributed by atoms with E-state index < -0.39 is 35.7 Å². The van der Waals surface area contributed by atoms with Crippen molar-refractivity contribution in [2.45, 2.75) is 18.4 Å². The Hall–Kier alpha value is -1.69. The second-order valence-corrected chi connectivity index (χ2v) is 3.56. The van der Waals surface area contributed by atoms with Crippen molar-refractivity contribution in [1.29, 1.82) is 0 Å². The van der Waals surface area contributed by atoms with Gasteiger partial charge in [-0.15, -0.1) is 0 Å². The molecule has 0 aliphatic heterocycles. The number of rotatable bonds is 4. The number of ether oxygens (including phenoxy) is 1. The van der Waals surface area contributed by atoms with Crippen LogP contribution in [-0.2, 0) is 15.5 Å². The molecule has 0 heterocycles. The highest BCUT2D eigenvalue weighted by Crippen LogP contribution is 2.37. The summed E-state index contributed by atoms with van der Waals surface area (Å²) in [6.45, 7) is 0. The van der Waals surface area contributed by atoms with E-state index in [0.29, 0.717) is 0 Å². The van der Waals surface area contributed by atoms with Crippen molar-refractivity contribution < 1.29 is 23.4 Å². The molecule has 1 aromatic carbocycles. The number of nitrogens with two attached hydrogens (primary N) is 1. The van der Waals surface area contributed by atoms with Crippen LogP contribution in [0.15, 0.2) is 24.3 Å². The quantitative estimate of drug-likeness (QED) is 0.786. The zero-order chi connectivity index (χ0) is 13.1. The molecule has 0 amide bonds. The zero-order valence-electron chi connectivity index (χ0n) is 9.19. The van der Waals surface area contributed by atoms with Gasteiger partial charge in [-0.25, -0.2) is 8.78 Å². The molecule has 1 atom stereocenters. The van der Waals surface area contributed by atoms with Gasteiger partial charge in [0.25, 0.3) is 5.92 Å². The number of carbonyl (C=O) groups is 1. The number of alkyl halides is 2. The monoisotopic (exact) mass is 245 g/mol. The summed E-state index contributed by atoms with van der Waals surface area (Å²) in [5, 5.41) is 9.32. The van der Waals surface area contributed by atoms with Crippen LogP contribution in [0.25, 0.3) is 0 Å². The van der Waals surface area contributed by atoms with Crippen LogP contribution in [0.3, 0.4) is 0 Å². The number of benzene rings is 1. The molecule has 1 rings (SSSR count). The molecular formula is C11H13F2NO3. The second-order valence-electron chi connectivity index (χ2n) is 3.56. The van der Waals surface area contributed by atoms with E-state index in [9.17, 15) is 18.7 Å². The fraction of sp³-hybridized carbons (Fsp3) is 0.364. The molecular weight excluding hydrogens is 232 g/mol. The first-order chi connectivity index (χ1) is 7.88. The van der Waals surface area contributed by atoms with Gasteiger partial charge in [0.05, 0.1) is 12.7 Å². The van der Waals surface area contributed by atoms with Crippen molar-refractivity contribution in [3.63, 3.8) is 0 Å². The molecule has 0 aliphatic carbocycles. The Balaban J connectivity index is 2.89. The third-order valence-corrected chi connectivity index (χ3v) is 2.28. The summed E-state index contributed by atoms with van der Waals surface area (Å²) in [6, 6.07) is 3.59. The van der Waals surface area contributed by atoms with Crippen molar-refractivity contribution in [2.24, 2.45) is 5.73 Å². The van der Waals surface area contributed by atoms with Crippen molar-refractivity contribution in [2.75, 3.05) is 7.11 Å². The van der Waals surface area contributed by atoms with Gasteiger partial charge in [0, 0.05) is 6.42 Å². The van der Waals surface area contributed by atoms with Gasteiger partial charge in [-0.3, -0.25) is 4.79 Å². The Morgan fingerprint density at radius 3 is 2.65 bits per heavy atom. The van der Waals surface area contributed by atoms with Crippen molar-refractivity contribution in [3.8, 4) is 5.75 Å². The van der Waals surface area contributed by atoms with E-state index in [1.807, 2.05) is 0 Å². The van der Waals surface area contributed by atoms with E-state index in [1.54, 1.807) is 0 Å². The molecule has 0 spiro atoms. The third-order valence-electron chi connectivity index (χ3n) is 2.28. The first-order valence-corrected chi connectivity index (χ1v) is 4.88. The second kappa shape index (κ2) is 5.09. The van der Waals surface area contributed by atoms with Gasteiger partial charge < -0.3 is 15.6 Å². The Morgan fingerprint density at radius 1 is 1.53 bits per heavy atom. The maximum atomic E-state index is 13.7. The molecule has 0 radical (unpaired) electrons. The Bertz CT molecular complexity index is 409. The summed E-state index contributed by atoms with van der Waals surface area (Å²) < 4.78 is 31.7. The minimum Gasteiger partial charge on any atom is -0.507 e. The van der Waals surface area contributed by atoms with Crippen LogP contribution >= 0.6 is 0 Å². The number of hydrogen-bond acceptors (Lipinski definition) is 4. The maximum absolute atomic E-state index is 13.7. The van der Waals surface area contributed by atoms with Crippen molar-refractivity contribution >= 4 is 5.97 Å². The number of esters is 1. The predicted octanol–water partition coefficient (Wildman–Crippen LogP) is 1.37. The lowest BCUT2D eigenvalue weighted by atomic mass is 10.0. The summed E-state index contributed by atoms with van der Waals surface area (Å²) in [7, 11) is 1.07. The van der Waals surface area contributed by atoms with Gasteiger partial charge in [-0.1, -0.05) is 12.1 Å². The number of carbonyl (C=O) groups excluding carboxylic acids is 1. The van der Waals surface area contributed by atoms with E-state index in [-0.39, 0.29) is 0 Å². The Labute approximate surface area is 97.0 Å². The molecule has 0 aliphatic rings. The van der Waals surface area contributed by atoms with E-state index in [2.05, 4.69) is 4.74 Å². The van der Waals surface area contributed by atoms with E-state index in [4.69, 9.17) is 5.73 Å². The largest absolute Gasteiger partial charge is 0.507 e. The number of phenolic OH excluding ortho intramolecular Hbond substituents is 1. The summed E-state index contributed by atoms with van der Waals surface area (Å²) in [6.07, 6.45) is -0.919. The minimum absolute atomic E-state index is 0.533. The zero-order valence-corrected chi connectivity index (χ0v) is 9.19. The Kier molecular flexibility index (Phi) is 4.01. The number of para-hydroxylation sites is 1. The normalized spacial score (nSPS) is 13.2. The van der Waals surface area contributed by atoms with Crippen LogP contribution in [0.1, 0.15) is 12.0 Å². The van der Waals surface area contributed by atoms with Crippen LogP contribution in [0.5, 0.6) is 5.75 Å². The summed E-state index contributed by atoms with van der Waals surface area (Å²) >= 11 is 0. The molecule has 0 fully saturated rings. The van der Waals surface area contributed by atoms with E-state index in [0.717, 1.165) is 19.2 Å². The molecule has 3 N–H and O–H groups in total. The summed E-state index contributed by atoms with van der Waals surface area (Å²) in [5.74, 6) is -4.84. The van der Waals surface area contributed by atoms with Gasteiger partial charge in [-0.05, 0) is 12.1 Å². The smallest absolute Gasteiger partial charge is 0.322 e. The average Bonchev–Trinajstić information content (AvgIpc) is 2.27. The van der Waals surface area contributed by atoms with Crippen LogP contribution in [0.2, 0.25) is 0 Å². The molecule has 17 heavy (non-hydrogen) atoms. The van der Waals surface area contributed by atoms with Crippen molar-refractivity contribution in [1.82, 2.24) is 0 Å². The first kappa shape index (κ1) is 13.4. The number of halogens is 2. The fourth-order valence-corrected chi connectivity index (χ4v) is 1.40. The van der Waals surface area contributed by atoms with Gasteiger partial charge >= 0.3 is 5.97 Å². The topological polar surface area (TPSA) is 72.5 Å². The van der Waals surface area contributed by atoms with Crippen LogP contribution < -0.4 is 5.73 Å². The molecule has 0 bridgehead atoms. The fourth-order valence-electron chi connectivity index (χ4n) is 1.40. The third kappa shape index (κ3) is 3.13. The minimum atomic E-state index is -3.39. The summed E-state index contributed by atoms with van der Waals surface area (Å²) in [4.78, 5) is 11.0. The molecule has 1 aromatic rings. The standard InChI is InChI=1S/C11H13F2NO3/c1-17-10(16)8(14)6-11(12,13)7-4-2-3-5-9(7)15/h2-5,8,15H,6,14H2,1H3. The molecule has 6 heteroatoms. The Morgan fingerprint density at radius 2 is 2.12 bits per heavy atom. The molecule has 4 nitrogen and oxygen atoms in total. The van der Waals surface area contributed by atoms with Crippen LogP contribution in [-0.4, -0.2) is 24.2 Å². The van der Waals surface area contributed by atoms with Gasteiger partial charge in [0.15, 0.2) is 0 Å². The molecule has 94 valence electrons. The van der Waals surface area contributed by atoms with Gasteiger partial charge in [0.2, 0.25) is 0 Å². The van der Waals surface area contributed by atoms with Gasteiger partial charge in [0.1, 0.15) is 11.8 Å². The SMILES string of the molecule is COC(=O)C(N)CC(F)(F)c1ccccc1O. The molecule has 0 saturated carbocycles. The lowest BCUT2D eigenvalue weighted by Gasteiger charge is -2.20. The molecule has 0 aromatic heterocycles. The van der Waals surface area contributed by atoms with Crippen molar-refractivity contribution in [3.05, 3.63) is 29.8 Å². The maximum Gasteiger partial charge on any atom is 0.322 e. The average molecular weight is 245 g/mol. The van der Waals surface area contributed by atoms with E-state index in [1.165, 1.54) is 12.1 Å². The highest BCUT2D eigenvalue weighted by molar-refractivity contribution is 5.75. The van der Waals surface area contributed by atoms with Gasteiger partial charge in [-0.2, -0.15) is 0 Å².